The van der Waals surface area contributed by atoms with Gasteiger partial charge in [-0.1, -0.05) is 23.7 Å². The summed E-state index contributed by atoms with van der Waals surface area (Å²) in [6.07, 6.45) is 1.29. The van der Waals surface area contributed by atoms with Crippen molar-refractivity contribution in [3.05, 3.63) is 34.9 Å². The highest BCUT2D eigenvalue weighted by Crippen LogP contribution is 2.39. The van der Waals surface area contributed by atoms with Crippen molar-refractivity contribution in [1.82, 2.24) is 5.32 Å². The average Bonchev–Trinajstić information content (AvgIpc) is 2.93. The molecule has 1 N–H and O–H groups in total. The van der Waals surface area contributed by atoms with Gasteiger partial charge in [0.1, 0.15) is 0 Å². The number of piperidine rings is 1. The Morgan fingerprint density at radius 2 is 1.95 bits per heavy atom. The van der Waals surface area contributed by atoms with E-state index in [1.165, 1.54) is 0 Å². The van der Waals surface area contributed by atoms with Gasteiger partial charge in [-0.05, 0) is 36.0 Å². The molecule has 2 aliphatic heterocycles. The Morgan fingerprint density at radius 1 is 1.20 bits per heavy atom. The molecule has 0 spiro atoms. The molecule has 0 aromatic heterocycles. The SMILES string of the molecule is O=C1CC(C2CCOC2)C(c2ccc(Cl)cc2)C(=O)N1. The minimum atomic E-state index is -0.295. The van der Waals surface area contributed by atoms with Crippen LogP contribution in [-0.4, -0.2) is 25.0 Å². The number of halogens is 1. The summed E-state index contributed by atoms with van der Waals surface area (Å²) in [6, 6.07) is 7.29. The fraction of sp³-hybridized carbons (Fsp3) is 0.467. The Bertz CT molecular complexity index is 522. The molecular formula is C15H16ClNO3. The highest BCUT2D eigenvalue weighted by molar-refractivity contribution is 6.30. The molecule has 0 bridgehead atoms. The zero-order valence-electron chi connectivity index (χ0n) is 11.0. The molecule has 0 saturated carbocycles. The maximum absolute atomic E-state index is 12.3. The first-order valence-corrected chi connectivity index (χ1v) is 7.20. The van der Waals surface area contributed by atoms with Gasteiger partial charge in [-0.3, -0.25) is 14.9 Å². The Balaban J connectivity index is 1.92. The first kappa shape index (κ1) is 13.6. The number of imide groups is 1. The van der Waals surface area contributed by atoms with E-state index in [0.29, 0.717) is 24.7 Å². The summed E-state index contributed by atoms with van der Waals surface area (Å²) < 4.78 is 5.42. The van der Waals surface area contributed by atoms with Crippen LogP contribution < -0.4 is 5.32 Å². The van der Waals surface area contributed by atoms with Crippen LogP contribution in [0.1, 0.15) is 24.3 Å². The minimum Gasteiger partial charge on any atom is -0.381 e. The molecule has 3 atom stereocenters. The van der Waals surface area contributed by atoms with Crippen LogP contribution in [0.5, 0.6) is 0 Å². The van der Waals surface area contributed by atoms with Crippen molar-refractivity contribution in [1.29, 1.82) is 0 Å². The van der Waals surface area contributed by atoms with Gasteiger partial charge in [0.05, 0.1) is 5.92 Å². The average molecular weight is 294 g/mol. The third kappa shape index (κ3) is 2.58. The van der Waals surface area contributed by atoms with E-state index in [1.807, 2.05) is 12.1 Å². The fourth-order valence-electron chi connectivity index (χ4n) is 3.19. The van der Waals surface area contributed by atoms with Crippen LogP contribution in [-0.2, 0) is 14.3 Å². The van der Waals surface area contributed by atoms with E-state index < -0.39 is 0 Å². The molecular weight excluding hydrogens is 278 g/mol. The number of amides is 2. The van der Waals surface area contributed by atoms with E-state index >= 15 is 0 Å². The lowest BCUT2D eigenvalue weighted by molar-refractivity contribution is -0.137. The van der Waals surface area contributed by atoms with Gasteiger partial charge in [0.15, 0.2) is 0 Å². The van der Waals surface area contributed by atoms with Crippen molar-refractivity contribution in [2.75, 3.05) is 13.2 Å². The van der Waals surface area contributed by atoms with Gasteiger partial charge in [-0.25, -0.2) is 0 Å². The number of carbonyl (C=O) groups is 2. The van der Waals surface area contributed by atoms with Crippen molar-refractivity contribution in [3.8, 4) is 0 Å². The van der Waals surface area contributed by atoms with Gasteiger partial charge >= 0.3 is 0 Å². The number of benzene rings is 1. The molecule has 2 fully saturated rings. The number of carbonyl (C=O) groups excluding carboxylic acids is 2. The molecule has 2 heterocycles. The van der Waals surface area contributed by atoms with Crippen LogP contribution in [0.2, 0.25) is 5.02 Å². The molecule has 3 rings (SSSR count). The Hall–Kier alpha value is -1.39. The van der Waals surface area contributed by atoms with Gasteiger partial charge in [-0.15, -0.1) is 0 Å². The molecule has 2 aliphatic rings. The quantitative estimate of drug-likeness (QED) is 0.850. The van der Waals surface area contributed by atoms with Crippen LogP contribution in [0.15, 0.2) is 24.3 Å². The van der Waals surface area contributed by atoms with Crippen molar-refractivity contribution in [3.63, 3.8) is 0 Å². The predicted molar refractivity (Wildman–Crippen MR) is 74.4 cm³/mol. The van der Waals surface area contributed by atoms with Crippen LogP contribution in [0.3, 0.4) is 0 Å². The molecule has 3 unspecified atom stereocenters. The van der Waals surface area contributed by atoms with E-state index in [4.69, 9.17) is 16.3 Å². The standard InChI is InChI=1S/C15H16ClNO3/c16-11-3-1-9(2-4-11)14-12(10-5-6-20-8-10)7-13(18)17-15(14)19/h1-4,10,12,14H,5-8H2,(H,17,18,19). The second-order valence-electron chi connectivity index (χ2n) is 5.43. The highest BCUT2D eigenvalue weighted by atomic mass is 35.5. The summed E-state index contributed by atoms with van der Waals surface area (Å²) in [5.74, 6) is -0.403. The number of rotatable bonds is 2. The molecule has 0 radical (unpaired) electrons. The van der Waals surface area contributed by atoms with Crippen molar-refractivity contribution >= 4 is 23.4 Å². The van der Waals surface area contributed by atoms with Crippen molar-refractivity contribution < 1.29 is 14.3 Å². The largest absolute Gasteiger partial charge is 0.381 e. The van der Waals surface area contributed by atoms with E-state index in [1.54, 1.807) is 12.1 Å². The molecule has 106 valence electrons. The van der Waals surface area contributed by atoms with E-state index in [0.717, 1.165) is 12.0 Å². The summed E-state index contributed by atoms with van der Waals surface area (Å²) in [6.45, 7) is 1.35. The molecule has 0 aliphatic carbocycles. The lowest BCUT2D eigenvalue weighted by Gasteiger charge is -2.33. The number of ether oxygens (including phenoxy) is 1. The lowest BCUT2D eigenvalue weighted by Crippen LogP contribution is -2.46. The summed E-state index contributed by atoms with van der Waals surface area (Å²) in [7, 11) is 0. The van der Waals surface area contributed by atoms with Crippen LogP contribution in [0.4, 0.5) is 0 Å². The van der Waals surface area contributed by atoms with E-state index in [2.05, 4.69) is 5.32 Å². The van der Waals surface area contributed by atoms with E-state index in [-0.39, 0.29) is 29.6 Å². The third-order valence-corrected chi connectivity index (χ3v) is 4.45. The second kappa shape index (κ2) is 5.54. The maximum Gasteiger partial charge on any atom is 0.234 e. The molecule has 1 aromatic carbocycles. The normalized spacial score (nSPS) is 30.4. The third-order valence-electron chi connectivity index (χ3n) is 4.19. The van der Waals surface area contributed by atoms with Crippen LogP contribution in [0.25, 0.3) is 0 Å². The first-order chi connectivity index (χ1) is 9.65. The topological polar surface area (TPSA) is 55.4 Å². The number of nitrogens with one attached hydrogen (secondary N) is 1. The molecule has 1 aromatic rings. The van der Waals surface area contributed by atoms with Crippen molar-refractivity contribution in [2.45, 2.75) is 18.8 Å². The zero-order valence-corrected chi connectivity index (χ0v) is 11.7. The van der Waals surface area contributed by atoms with Gasteiger partial charge < -0.3 is 4.74 Å². The Labute approximate surface area is 122 Å². The molecule has 5 heteroatoms. The van der Waals surface area contributed by atoms with Crippen LogP contribution >= 0.6 is 11.6 Å². The minimum absolute atomic E-state index is 0.0138. The highest BCUT2D eigenvalue weighted by Gasteiger charge is 2.42. The van der Waals surface area contributed by atoms with Gasteiger partial charge in [-0.2, -0.15) is 0 Å². The number of hydrogen-bond acceptors (Lipinski definition) is 3. The summed E-state index contributed by atoms with van der Waals surface area (Å²) in [4.78, 5) is 23.9. The van der Waals surface area contributed by atoms with Gasteiger partial charge in [0, 0.05) is 24.7 Å². The van der Waals surface area contributed by atoms with Gasteiger partial charge in [0.2, 0.25) is 11.8 Å². The molecule has 4 nitrogen and oxygen atoms in total. The van der Waals surface area contributed by atoms with Crippen LogP contribution in [0, 0.1) is 11.8 Å². The Kier molecular flexibility index (Phi) is 3.76. The predicted octanol–water partition coefficient (Wildman–Crippen LogP) is 2.12. The second-order valence-corrected chi connectivity index (χ2v) is 5.87. The van der Waals surface area contributed by atoms with Gasteiger partial charge in [0.25, 0.3) is 0 Å². The lowest BCUT2D eigenvalue weighted by atomic mass is 9.73. The number of hydrogen-bond donors (Lipinski definition) is 1. The summed E-state index contributed by atoms with van der Waals surface area (Å²) >= 11 is 5.90. The summed E-state index contributed by atoms with van der Waals surface area (Å²) in [5, 5.41) is 3.08. The zero-order chi connectivity index (χ0) is 14.1. The fourth-order valence-corrected chi connectivity index (χ4v) is 3.32. The molecule has 2 saturated heterocycles. The maximum atomic E-state index is 12.3. The van der Waals surface area contributed by atoms with E-state index in [9.17, 15) is 9.59 Å². The molecule has 20 heavy (non-hydrogen) atoms. The summed E-state index contributed by atoms with van der Waals surface area (Å²) in [5.41, 5.74) is 0.913. The smallest absolute Gasteiger partial charge is 0.234 e. The van der Waals surface area contributed by atoms with Crippen molar-refractivity contribution in [2.24, 2.45) is 11.8 Å². The monoisotopic (exact) mass is 293 g/mol. The molecule has 2 amide bonds. The Morgan fingerprint density at radius 3 is 2.60 bits per heavy atom. The first-order valence-electron chi connectivity index (χ1n) is 6.82.